The van der Waals surface area contributed by atoms with Gasteiger partial charge < -0.3 is 15.2 Å². The Balaban J connectivity index is 1.68. The van der Waals surface area contributed by atoms with Gasteiger partial charge >= 0.3 is 5.97 Å². The van der Waals surface area contributed by atoms with Gasteiger partial charge in [-0.25, -0.2) is 9.31 Å². The van der Waals surface area contributed by atoms with E-state index in [9.17, 15) is 15.2 Å². The lowest BCUT2D eigenvalue weighted by Crippen LogP contribution is -2.01. The molecule has 0 unspecified atom stereocenters. The molecule has 0 saturated heterocycles. The number of hydrogen-bond acceptors (Lipinski definition) is 6. The maximum absolute atomic E-state index is 11.5. The predicted octanol–water partition coefficient (Wildman–Crippen LogP) is 4.14. The standard InChI is InChI=1S/C21H15N5O3/c1-13-18(21(27)28)12-26-20(13)19(14(9-22)10-24-26)25-15-4-6-16(7-5-15)29-17-3-2-8-23-11-17/h2-8,10-12,25H,1H3,(H,27,28). The molecule has 3 heterocycles. The molecule has 142 valence electrons. The SMILES string of the molecule is Cc1c(C(=O)O)cn2ncc(C#N)c(Nc3ccc(Oc4cccnc4)cc3)c12. The Morgan fingerprint density at radius 3 is 2.66 bits per heavy atom. The molecule has 0 atom stereocenters. The normalized spacial score (nSPS) is 10.5. The third-order valence-corrected chi connectivity index (χ3v) is 4.40. The zero-order chi connectivity index (χ0) is 20.4. The Morgan fingerprint density at radius 1 is 1.21 bits per heavy atom. The van der Waals surface area contributed by atoms with Crippen LogP contribution in [-0.4, -0.2) is 25.7 Å². The van der Waals surface area contributed by atoms with Crippen molar-refractivity contribution in [2.45, 2.75) is 6.92 Å². The highest BCUT2D eigenvalue weighted by Crippen LogP contribution is 2.31. The van der Waals surface area contributed by atoms with Crippen molar-refractivity contribution in [2.75, 3.05) is 5.32 Å². The van der Waals surface area contributed by atoms with Crippen LogP contribution in [0.3, 0.4) is 0 Å². The number of aryl methyl sites for hydroxylation is 1. The summed E-state index contributed by atoms with van der Waals surface area (Å²) >= 11 is 0. The fourth-order valence-electron chi connectivity index (χ4n) is 3.01. The molecule has 29 heavy (non-hydrogen) atoms. The third kappa shape index (κ3) is 3.44. The van der Waals surface area contributed by atoms with Gasteiger partial charge in [-0.2, -0.15) is 10.4 Å². The van der Waals surface area contributed by atoms with Gasteiger partial charge in [-0.05, 0) is 48.9 Å². The highest BCUT2D eigenvalue weighted by Gasteiger charge is 2.19. The summed E-state index contributed by atoms with van der Waals surface area (Å²) < 4.78 is 7.19. The van der Waals surface area contributed by atoms with Crippen molar-refractivity contribution in [2.24, 2.45) is 0 Å². The molecule has 8 heteroatoms. The molecule has 0 radical (unpaired) electrons. The summed E-state index contributed by atoms with van der Waals surface area (Å²) in [5.74, 6) is 0.214. The fraction of sp³-hybridized carbons (Fsp3) is 0.0476. The van der Waals surface area contributed by atoms with Crippen LogP contribution in [-0.2, 0) is 0 Å². The summed E-state index contributed by atoms with van der Waals surface area (Å²) in [6.07, 6.45) is 6.13. The van der Waals surface area contributed by atoms with Gasteiger partial charge in [-0.15, -0.1) is 0 Å². The van der Waals surface area contributed by atoms with Gasteiger partial charge in [-0.3, -0.25) is 4.98 Å². The van der Waals surface area contributed by atoms with Crippen molar-refractivity contribution in [3.63, 3.8) is 0 Å². The molecule has 3 aromatic heterocycles. The van der Waals surface area contributed by atoms with Crippen LogP contribution in [0, 0.1) is 18.3 Å². The number of aromatic nitrogens is 3. The van der Waals surface area contributed by atoms with Crippen molar-refractivity contribution in [1.82, 2.24) is 14.6 Å². The van der Waals surface area contributed by atoms with E-state index < -0.39 is 5.97 Å². The van der Waals surface area contributed by atoms with Crippen LogP contribution in [0.25, 0.3) is 5.52 Å². The highest BCUT2D eigenvalue weighted by molar-refractivity contribution is 5.96. The molecular weight excluding hydrogens is 370 g/mol. The van der Waals surface area contributed by atoms with E-state index >= 15 is 0 Å². The first-order valence-electron chi connectivity index (χ1n) is 8.66. The van der Waals surface area contributed by atoms with Crippen molar-refractivity contribution in [3.8, 4) is 17.6 Å². The third-order valence-electron chi connectivity index (χ3n) is 4.40. The molecular formula is C21H15N5O3. The second kappa shape index (κ2) is 7.32. The van der Waals surface area contributed by atoms with Crippen molar-refractivity contribution in [1.29, 1.82) is 5.26 Å². The highest BCUT2D eigenvalue weighted by atomic mass is 16.5. The summed E-state index contributed by atoms with van der Waals surface area (Å²) in [6, 6.07) is 12.9. The number of hydrogen-bond donors (Lipinski definition) is 2. The quantitative estimate of drug-likeness (QED) is 0.531. The smallest absolute Gasteiger partial charge is 0.337 e. The molecule has 0 fully saturated rings. The molecule has 0 aliphatic heterocycles. The number of anilines is 2. The molecule has 4 aromatic rings. The van der Waals surface area contributed by atoms with Crippen LogP contribution in [0.1, 0.15) is 21.5 Å². The van der Waals surface area contributed by atoms with Crippen molar-refractivity contribution < 1.29 is 14.6 Å². The molecule has 4 rings (SSSR count). The van der Waals surface area contributed by atoms with E-state index in [1.54, 1.807) is 49.6 Å². The van der Waals surface area contributed by atoms with E-state index in [1.807, 2.05) is 6.07 Å². The lowest BCUT2D eigenvalue weighted by molar-refractivity contribution is 0.0696. The second-order valence-corrected chi connectivity index (χ2v) is 6.25. The minimum absolute atomic E-state index is 0.135. The lowest BCUT2D eigenvalue weighted by atomic mass is 10.1. The van der Waals surface area contributed by atoms with Gasteiger partial charge in [-0.1, -0.05) is 0 Å². The summed E-state index contributed by atoms with van der Waals surface area (Å²) in [6.45, 7) is 1.69. The van der Waals surface area contributed by atoms with Crippen LogP contribution in [0.15, 0.2) is 61.2 Å². The maximum atomic E-state index is 11.5. The van der Waals surface area contributed by atoms with Crippen LogP contribution in [0.5, 0.6) is 11.5 Å². The number of pyridine rings is 1. The average molecular weight is 385 g/mol. The molecule has 0 bridgehead atoms. The van der Waals surface area contributed by atoms with Gasteiger partial charge in [0, 0.05) is 18.1 Å². The minimum atomic E-state index is -1.05. The predicted molar refractivity (Wildman–Crippen MR) is 106 cm³/mol. The lowest BCUT2D eigenvalue weighted by Gasteiger charge is -2.12. The van der Waals surface area contributed by atoms with E-state index in [1.165, 1.54) is 16.9 Å². The summed E-state index contributed by atoms with van der Waals surface area (Å²) in [4.78, 5) is 15.5. The Morgan fingerprint density at radius 2 is 2.00 bits per heavy atom. The first-order chi connectivity index (χ1) is 14.1. The number of carboxylic acids is 1. The van der Waals surface area contributed by atoms with E-state index in [0.717, 1.165) is 0 Å². The van der Waals surface area contributed by atoms with Crippen LogP contribution >= 0.6 is 0 Å². The van der Waals surface area contributed by atoms with Crippen LogP contribution < -0.4 is 10.1 Å². The molecule has 8 nitrogen and oxygen atoms in total. The first-order valence-corrected chi connectivity index (χ1v) is 8.66. The van der Waals surface area contributed by atoms with Gasteiger partial charge in [0.1, 0.15) is 17.6 Å². The maximum Gasteiger partial charge on any atom is 0.337 e. The summed E-state index contributed by atoms with van der Waals surface area (Å²) in [5, 5.41) is 26.2. The molecule has 1 aromatic carbocycles. The van der Waals surface area contributed by atoms with Gasteiger partial charge in [0.05, 0.1) is 34.7 Å². The number of rotatable bonds is 5. The van der Waals surface area contributed by atoms with Crippen LogP contribution in [0.4, 0.5) is 11.4 Å². The summed E-state index contributed by atoms with van der Waals surface area (Å²) in [7, 11) is 0. The van der Waals surface area contributed by atoms with Gasteiger partial charge in [0.15, 0.2) is 0 Å². The monoisotopic (exact) mass is 385 g/mol. The Labute approximate surface area is 165 Å². The number of nitrogens with one attached hydrogen (secondary N) is 1. The minimum Gasteiger partial charge on any atom is -0.478 e. The zero-order valence-corrected chi connectivity index (χ0v) is 15.3. The molecule has 0 spiro atoms. The molecule has 2 N–H and O–H groups in total. The van der Waals surface area contributed by atoms with Gasteiger partial charge in [0.25, 0.3) is 0 Å². The van der Waals surface area contributed by atoms with E-state index in [4.69, 9.17) is 4.74 Å². The number of benzene rings is 1. The van der Waals surface area contributed by atoms with Crippen molar-refractivity contribution >= 4 is 22.9 Å². The van der Waals surface area contributed by atoms with Gasteiger partial charge in [0.2, 0.25) is 0 Å². The number of carbonyl (C=O) groups is 1. The molecule has 0 amide bonds. The van der Waals surface area contributed by atoms with E-state index in [0.29, 0.717) is 39.5 Å². The fourth-order valence-corrected chi connectivity index (χ4v) is 3.01. The molecule has 0 aliphatic rings. The largest absolute Gasteiger partial charge is 0.478 e. The van der Waals surface area contributed by atoms with E-state index in [2.05, 4.69) is 21.5 Å². The number of carboxylic acid groups (broad SMARTS) is 1. The van der Waals surface area contributed by atoms with Crippen LogP contribution in [0.2, 0.25) is 0 Å². The molecule has 0 saturated carbocycles. The van der Waals surface area contributed by atoms with Crippen molar-refractivity contribution in [3.05, 3.63) is 77.9 Å². The average Bonchev–Trinajstić information content (AvgIpc) is 3.08. The number of ether oxygens (including phenoxy) is 1. The number of fused-ring (bicyclic) bond motifs is 1. The first kappa shape index (κ1) is 18.0. The number of aromatic carboxylic acids is 1. The number of nitrogens with zero attached hydrogens (tertiary/aromatic N) is 4. The Hall–Kier alpha value is -4.38. The molecule has 0 aliphatic carbocycles. The zero-order valence-electron chi connectivity index (χ0n) is 15.3. The topological polar surface area (TPSA) is 113 Å². The van der Waals surface area contributed by atoms with E-state index in [-0.39, 0.29) is 5.56 Å². The summed E-state index contributed by atoms with van der Waals surface area (Å²) in [5.41, 5.74) is 2.72. The Kier molecular flexibility index (Phi) is 4.55. The Bertz CT molecular complexity index is 1240. The second-order valence-electron chi connectivity index (χ2n) is 6.25. The number of nitriles is 1.